The molecule has 0 atom stereocenters. The maximum Gasteiger partial charge on any atom is 0.329 e. The summed E-state index contributed by atoms with van der Waals surface area (Å²) in [6.45, 7) is 3.80. The predicted octanol–water partition coefficient (Wildman–Crippen LogP) is 1.96. The number of amides is 1. The van der Waals surface area contributed by atoms with Gasteiger partial charge in [-0.25, -0.2) is 23.7 Å². The lowest BCUT2D eigenvalue weighted by atomic mass is 9.66. The second-order valence-corrected chi connectivity index (χ2v) is 8.45. The second kappa shape index (κ2) is 6.87. The average Bonchev–Trinajstić information content (AvgIpc) is 3.28. The van der Waals surface area contributed by atoms with Gasteiger partial charge in [-0.05, 0) is 26.0 Å². The number of nitrogens with zero attached hydrogens (tertiary/aromatic N) is 6. The van der Waals surface area contributed by atoms with Gasteiger partial charge >= 0.3 is 5.69 Å². The molecule has 1 aliphatic rings. The minimum Gasteiger partial charge on any atom is -0.369 e. The van der Waals surface area contributed by atoms with E-state index in [1.165, 1.54) is 9.08 Å². The van der Waals surface area contributed by atoms with E-state index in [0.29, 0.717) is 34.0 Å². The number of anilines is 2. The molecule has 1 saturated carbocycles. The van der Waals surface area contributed by atoms with E-state index in [2.05, 4.69) is 20.4 Å². The number of aromatic nitrogens is 6. The minimum atomic E-state index is -1.18. The highest BCUT2D eigenvalue weighted by Crippen LogP contribution is 2.44. The van der Waals surface area contributed by atoms with E-state index in [4.69, 9.17) is 7.10 Å². The van der Waals surface area contributed by atoms with Crippen LogP contribution in [0.4, 0.5) is 16.0 Å². The smallest absolute Gasteiger partial charge is 0.329 e. The molecule has 0 radical (unpaired) electrons. The third-order valence-electron chi connectivity index (χ3n) is 6.05. The first-order valence-corrected chi connectivity index (χ1v) is 10.2. The molecular formula is C21H23FN8O2. The molecule has 0 saturated heterocycles. The molecule has 0 aromatic carbocycles. The Bertz CT molecular complexity index is 1450. The standard InChI is InChI=1S/C21H23FN8O2/c1-11(2)29-14-6-17(24-10-15(14)28(3)20(29)32)26-16-5-4-13-9-25-19(30(13)27-16)21(18(23)31)7-12(22)8-21/h4-6,9-12H,7-8H2,1-3H3,(H2,23,31)(H,24,26,27)/i3D. The summed E-state index contributed by atoms with van der Waals surface area (Å²) in [7, 11) is -0.202. The van der Waals surface area contributed by atoms with Gasteiger partial charge in [0.25, 0.3) is 0 Å². The van der Waals surface area contributed by atoms with E-state index < -0.39 is 17.5 Å². The molecule has 5 rings (SSSR count). The Morgan fingerprint density at radius 3 is 2.72 bits per heavy atom. The molecule has 0 bridgehead atoms. The molecule has 166 valence electrons. The van der Waals surface area contributed by atoms with Crippen molar-refractivity contribution < 1.29 is 10.6 Å². The molecule has 4 aromatic heterocycles. The van der Waals surface area contributed by atoms with Gasteiger partial charge in [-0.15, -0.1) is 5.10 Å². The van der Waals surface area contributed by atoms with Crippen LogP contribution in [-0.2, 0) is 17.2 Å². The zero-order chi connectivity index (χ0) is 23.5. The number of alkyl halides is 1. The summed E-state index contributed by atoms with van der Waals surface area (Å²) in [5.41, 5.74) is 6.02. The summed E-state index contributed by atoms with van der Waals surface area (Å²) in [5, 5.41) is 7.64. The van der Waals surface area contributed by atoms with Crippen molar-refractivity contribution in [2.45, 2.75) is 44.3 Å². The molecule has 1 aliphatic carbocycles. The van der Waals surface area contributed by atoms with Crippen molar-refractivity contribution in [3.05, 3.63) is 46.9 Å². The van der Waals surface area contributed by atoms with E-state index >= 15 is 0 Å². The largest absolute Gasteiger partial charge is 0.369 e. The van der Waals surface area contributed by atoms with Crippen molar-refractivity contribution in [3.63, 3.8) is 0 Å². The Kier molecular flexibility index (Phi) is 4.07. The highest BCUT2D eigenvalue weighted by Gasteiger charge is 2.54. The van der Waals surface area contributed by atoms with E-state index in [1.54, 1.807) is 35.2 Å². The normalized spacial score (nSPS) is 21.1. The predicted molar refractivity (Wildman–Crippen MR) is 117 cm³/mol. The number of halogens is 1. The Morgan fingerprint density at radius 1 is 1.28 bits per heavy atom. The summed E-state index contributed by atoms with van der Waals surface area (Å²) in [4.78, 5) is 33.5. The molecule has 1 fully saturated rings. The topological polar surface area (TPSA) is 125 Å². The van der Waals surface area contributed by atoms with Crippen LogP contribution in [0.1, 0.15) is 39.9 Å². The molecule has 4 heterocycles. The Morgan fingerprint density at radius 2 is 2.06 bits per heavy atom. The number of nitrogens with one attached hydrogen (secondary N) is 1. The Labute approximate surface area is 183 Å². The van der Waals surface area contributed by atoms with Gasteiger partial charge in [-0.1, -0.05) is 0 Å². The van der Waals surface area contributed by atoms with E-state index in [1.807, 2.05) is 13.8 Å². The molecule has 3 N–H and O–H groups in total. The maximum atomic E-state index is 13.7. The first-order chi connectivity index (χ1) is 15.7. The number of primary amides is 1. The fourth-order valence-corrected chi connectivity index (χ4v) is 4.34. The van der Waals surface area contributed by atoms with E-state index in [9.17, 15) is 14.0 Å². The lowest BCUT2D eigenvalue weighted by molar-refractivity contribution is -0.129. The molecule has 4 aromatic rings. The number of carbonyl (C=O) groups is 1. The van der Waals surface area contributed by atoms with Crippen molar-refractivity contribution in [1.82, 2.24) is 28.7 Å². The third-order valence-corrected chi connectivity index (χ3v) is 6.05. The lowest BCUT2D eigenvalue weighted by Crippen LogP contribution is -2.53. The number of nitrogens with two attached hydrogens (primary N) is 1. The highest BCUT2D eigenvalue weighted by molar-refractivity contribution is 5.87. The zero-order valence-corrected chi connectivity index (χ0v) is 17.6. The van der Waals surface area contributed by atoms with Gasteiger partial charge in [-0.3, -0.25) is 13.9 Å². The number of hydrogen-bond acceptors (Lipinski definition) is 6. The average molecular weight is 439 g/mol. The molecule has 0 spiro atoms. The quantitative estimate of drug-likeness (QED) is 0.490. The fourth-order valence-electron chi connectivity index (χ4n) is 4.34. The van der Waals surface area contributed by atoms with Crippen LogP contribution in [0.5, 0.6) is 0 Å². The SMILES string of the molecule is [2H]Cn1c(=O)n(C(C)C)c2cc(Nc3ccc4cnc(C5(C(N)=O)CC(F)C5)n4n3)ncc21. The Balaban J connectivity index is 1.55. The summed E-state index contributed by atoms with van der Waals surface area (Å²) in [6.07, 6.45) is 1.98. The van der Waals surface area contributed by atoms with Gasteiger partial charge in [0.15, 0.2) is 5.82 Å². The van der Waals surface area contributed by atoms with Crippen LogP contribution < -0.4 is 16.7 Å². The van der Waals surface area contributed by atoms with Gasteiger partial charge in [-0.2, -0.15) is 0 Å². The fraction of sp³-hybridized carbons (Fsp3) is 0.381. The van der Waals surface area contributed by atoms with E-state index in [0.717, 1.165) is 0 Å². The maximum absolute atomic E-state index is 13.7. The summed E-state index contributed by atoms with van der Waals surface area (Å²) < 4.78 is 25.8. The summed E-state index contributed by atoms with van der Waals surface area (Å²) in [6, 6.07) is 5.13. The van der Waals surface area contributed by atoms with Crippen molar-refractivity contribution in [2.24, 2.45) is 12.8 Å². The number of imidazole rings is 2. The van der Waals surface area contributed by atoms with Crippen LogP contribution >= 0.6 is 0 Å². The molecule has 0 unspecified atom stereocenters. The van der Waals surface area contributed by atoms with Gasteiger partial charge in [0.1, 0.15) is 23.2 Å². The van der Waals surface area contributed by atoms with Crippen LogP contribution in [0.3, 0.4) is 0 Å². The van der Waals surface area contributed by atoms with Gasteiger partial charge in [0, 0.05) is 33.3 Å². The molecule has 32 heavy (non-hydrogen) atoms. The van der Waals surface area contributed by atoms with Crippen molar-refractivity contribution in [1.29, 1.82) is 0 Å². The number of aryl methyl sites for hydroxylation is 1. The molecule has 10 nitrogen and oxygen atoms in total. The number of fused-ring (bicyclic) bond motifs is 2. The van der Waals surface area contributed by atoms with Gasteiger partial charge in [0.2, 0.25) is 5.91 Å². The van der Waals surface area contributed by atoms with Gasteiger partial charge < -0.3 is 11.1 Å². The number of rotatable bonds is 5. The first-order valence-electron chi connectivity index (χ1n) is 10.9. The number of pyridine rings is 1. The summed E-state index contributed by atoms with van der Waals surface area (Å²) in [5.74, 6) is 0.557. The number of hydrogen-bond donors (Lipinski definition) is 2. The molecule has 11 heteroatoms. The molecular weight excluding hydrogens is 415 g/mol. The van der Waals surface area contributed by atoms with Gasteiger partial charge in [0.05, 0.1) is 28.9 Å². The van der Waals surface area contributed by atoms with Crippen molar-refractivity contribution >= 4 is 34.1 Å². The lowest BCUT2D eigenvalue weighted by Gasteiger charge is -2.39. The van der Waals surface area contributed by atoms with Crippen molar-refractivity contribution in [2.75, 3.05) is 5.32 Å². The third kappa shape index (κ3) is 2.80. The highest BCUT2D eigenvalue weighted by atomic mass is 19.1. The van der Waals surface area contributed by atoms with Crippen molar-refractivity contribution in [3.8, 4) is 0 Å². The minimum absolute atomic E-state index is 0.0152. The Hall–Kier alpha value is -3.76. The monoisotopic (exact) mass is 439 g/mol. The zero-order valence-electron chi connectivity index (χ0n) is 18.6. The van der Waals surface area contributed by atoms with Crippen LogP contribution in [-0.4, -0.2) is 40.8 Å². The van der Waals surface area contributed by atoms with Crippen LogP contribution in [0.2, 0.25) is 0 Å². The summed E-state index contributed by atoms with van der Waals surface area (Å²) >= 11 is 0. The van der Waals surface area contributed by atoms with Crippen LogP contribution in [0, 0.1) is 0 Å². The second-order valence-electron chi connectivity index (χ2n) is 8.45. The molecule has 1 amide bonds. The van der Waals surface area contributed by atoms with Crippen LogP contribution in [0.15, 0.2) is 35.4 Å². The first kappa shape index (κ1) is 19.0. The number of carbonyl (C=O) groups excluding carboxylic acids is 1. The van der Waals surface area contributed by atoms with Crippen LogP contribution in [0.25, 0.3) is 16.6 Å². The van der Waals surface area contributed by atoms with E-state index in [-0.39, 0.29) is 31.6 Å². The molecule has 0 aliphatic heterocycles.